The fraction of sp³-hybridized carbons (Fsp3) is 0.214. The minimum Gasteiger partial charge on any atom is -0.326 e. The van der Waals surface area contributed by atoms with Gasteiger partial charge < -0.3 is 5.73 Å². The first kappa shape index (κ1) is 13.1. The molecule has 1 aromatic heterocycles. The largest absolute Gasteiger partial charge is 0.326 e. The Kier molecular flexibility index (Phi) is 3.99. The normalized spacial score (nSPS) is 10.7. The molecule has 0 radical (unpaired) electrons. The van der Waals surface area contributed by atoms with Crippen LogP contribution in [-0.4, -0.2) is 4.98 Å². The molecule has 1 heterocycles. The van der Waals surface area contributed by atoms with Crippen LogP contribution in [0.1, 0.15) is 16.8 Å². The second-order valence-electron chi connectivity index (χ2n) is 4.12. The standard InChI is InChI=1S/C14H15FN2S/c1-9-7-10(2)17-14(13(9)8-16)18-12-5-3-11(15)4-6-12/h3-7H,8,16H2,1-2H3. The van der Waals surface area contributed by atoms with E-state index in [0.29, 0.717) is 6.54 Å². The Morgan fingerprint density at radius 1 is 1.22 bits per heavy atom. The quantitative estimate of drug-likeness (QED) is 0.920. The van der Waals surface area contributed by atoms with Crippen molar-refractivity contribution in [3.8, 4) is 0 Å². The molecular formula is C14H15FN2S. The molecule has 0 saturated carbocycles. The monoisotopic (exact) mass is 262 g/mol. The molecule has 0 bridgehead atoms. The zero-order valence-electron chi connectivity index (χ0n) is 10.4. The van der Waals surface area contributed by atoms with E-state index in [1.54, 1.807) is 12.1 Å². The molecule has 2 nitrogen and oxygen atoms in total. The van der Waals surface area contributed by atoms with Crippen LogP contribution in [0.15, 0.2) is 40.3 Å². The fourth-order valence-electron chi connectivity index (χ4n) is 1.78. The smallest absolute Gasteiger partial charge is 0.123 e. The summed E-state index contributed by atoms with van der Waals surface area (Å²) in [6.07, 6.45) is 0. The predicted molar refractivity (Wildman–Crippen MR) is 72.1 cm³/mol. The summed E-state index contributed by atoms with van der Waals surface area (Å²) < 4.78 is 12.9. The van der Waals surface area contributed by atoms with Crippen molar-refractivity contribution in [1.82, 2.24) is 4.98 Å². The van der Waals surface area contributed by atoms with E-state index in [1.807, 2.05) is 19.9 Å². The van der Waals surface area contributed by atoms with E-state index < -0.39 is 0 Å². The van der Waals surface area contributed by atoms with Crippen LogP contribution in [0, 0.1) is 19.7 Å². The van der Waals surface area contributed by atoms with Gasteiger partial charge in [-0.25, -0.2) is 9.37 Å². The van der Waals surface area contributed by atoms with Crippen LogP contribution in [0.3, 0.4) is 0 Å². The molecule has 0 unspecified atom stereocenters. The number of aromatic nitrogens is 1. The van der Waals surface area contributed by atoms with Crippen molar-refractivity contribution in [3.63, 3.8) is 0 Å². The number of hydrogen-bond donors (Lipinski definition) is 1. The van der Waals surface area contributed by atoms with Gasteiger partial charge in [-0.1, -0.05) is 11.8 Å². The van der Waals surface area contributed by atoms with Crippen LogP contribution >= 0.6 is 11.8 Å². The molecule has 0 aliphatic heterocycles. The molecule has 0 aliphatic carbocycles. The number of halogens is 1. The van der Waals surface area contributed by atoms with Gasteiger partial charge >= 0.3 is 0 Å². The van der Waals surface area contributed by atoms with Gasteiger partial charge in [0, 0.05) is 22.7 Å². The van der Waals surface area contributed by atoms with E-state index in [1.165, 1.54) is 23.9 Å². The van der Waals surface area contributed by atoms with Crippen molar-refractivity contribution in [3.05, 3.63) is 53.0 Å². The highest BCUT2D eigenvalue weighted by Gasteiger charge is 2.09. The fourth-order valence-corrected chi connectivity index (χ4v) is 2.83. The van der Waals surface area contributed by atoms with Gasteiger partial charge in [0.05, 0.1) is 0 Å². The highest BCUT2D eigenvalue weighted by Crippen LogP contribution is 2.30. The maximum absolute atomic E-state index is 12.9. The van der Waals surface area contributed by atoms with E-state index >= 15 is 0 Å². The minimum absolute atomic E-state index is 0.230. The lowest BCUT2D eigenvalue weighted by atomic mass is 10.1. The summed E-state index contributed by atoms with van der Waals surface area (Å²) in [7, 11) is 0. The third kappa shape index (κ3) is 2.89. The van der Waals surface area contributed by atoms with Crippen LogP contribution in [0.4, 0.5) is 4.39 Å². The van der Waals surface area contributed by atoms with Crippen molar-refractivity contribution < 1.29 is 4.39 Å². The van der Waals surface area contributed by atoms with Gasteiger partial charge in [-0.3, -0.25) is 0 Å². The molecule has 94 valence electrons. The molecule has 0 amide bonds. The van der Waals surface area contributed by atoms with Crippen molar-refractivity contribution in [2.45, 2.75) is 30.3 Å². The van der Waals surface area contributed by atoms with E-state index in [0.717, 1.165) is 26.7 Å². The third-order valence-electron chi connectivity index (χ3n) is 2.67. The Balaban J connectivity index is 2.36. The Morgan fingerprint density at radius 2 is 1.89 bits per heavy atom. The lowest BCUT2D eigenvalue weighted by Gasteiger charge is -2.11. The molecule has 4 heteroatoms. The second kappa shape index (κ2) is 5.50. The number of aryl methyl sites for hydroxylation is 2. The Labute approximate surface area is 110 Å². The van der Waals surface area contributed by atoms with Crippen LogP contribution < -0.4 is 5.73 Å². The van der Waals surface area contributed by atoms with Crippen LogP contribution in [0.2, 0.25) is 0 Å². The van der Waals surface area contributed by atoms with Crippen molar-refractivity contribution in [1.29, 1.82) is 0 Å². The number of benzene rings is 1. The first-order chi connectivity index (χ1) is 8.60. The Morgan fingerprint density at radius 3 is 2.50 bits per heavy atom. The summed E-state index contributed by atoms with van der Waals surface area (Å²) in [5, 5.41) is 0.904. The number of nitrogens with zero attached hydrogens (tertiary/aromatic N) is 1. The molecule has 0 aliphatic rings. The van der Waals surface area contributed by atoms with E-state index in [4.69, 9.17) is 5.73 Å². The molecule has 0 fully saturated rings. The first-order valence-electron chi connectivity index (χ1n) is 5.70. The maximum atomic E-state index is 12.9. The van der Waals surface area contributed by atoms with Gasteiger partial charge in [-0.15, -0.1) is 0 Å². The van der Waals surface area contributed by atoms with Crippen molar-refractivity contribution >= 4 is 11.8 Å². The lowest BCUT2D eigenvalue weighted by Crippen LogP contribution is -2.04. The van der Waals surface area contributed by atoms with E-state index in [-0.39, 0.29) is 5.82 Å². The molecule has 2 N–H and O–H groups in total. The predicted octanol–water partition coefficient (Wildman–Crippen LogP) is 3.45. The van der Waals surface area contributed by atoms with Crippen LogP contribution in [0.25, 0.3) is 0 Å². The highest BCUT2D eigenvalue weighted by molar-refractivity contribution is 7.99. The number of rotatable bonds is 3. The van der Waals surface area contributed by atoms with Crippen molar-refractivity contribution in [2.24, 2.45) is 5.73 Å². The van der Waals surface area contributed by atoms with Gasteiger partial charge in [0.1, 0.15) is 10.8 Å². The second-order valence-corrected chi connectivity index (χ2v) is 5.19. The SMILES string of the molecule is Cc1cc(C)c(CN)c(Sc2ccc(F)cc2)n1. The van der Waals surface area contributed by atoms with E-state index in [9.17, 15) is 4.39 Å². The van der Waals surface area contributed by atoms with Gasteiger partial charge in [-0.05, 0) is 49.7 Å². The molecule has 2 rings (SSSR count). The third-order valence-corrected chi connectivity index (χ3v) is 3.71. The molecule has 2 aromatic rings. The van der Waals surface area contributed by atoms with Gasteiger partial charge in [0.15, 0.2) is 0 Å². The first-order valence-corrected chi connectivity index (χ1v) is 6.52. The van der Waals surface area contributed by atoms with Gasteiger partial charge in [0.2, 0.25) is 0 Å². The van der Waals surface area contributed by atoms with Gasteiger partial charge in [0.25, 0.3) is 0 Å². The Hall–Kier alpha value is -1.39. The van der Waals surface area contributed by atoms with Crippen molar-refractivity contribution in [2.75, 3.05) is 0 Å². The molecule has 0 atom stereocenters. The summed E-state index contributed by atoms with van der Waals surface area (Å²) in [5.74, 6) is -0.230. The molecule has 0 spiro atoms. The summed E-state index contributed by atoms with van der Waals surface area (Å²) in [6.45, 7) is 4.45. The average molecular weight is 262 g/mol. The van der Waals surface area contributed by atoms with Gasteiger partial charge in [-0.2, -0.15) is 0 Å². The lowest BCUT2D eigenvalue weighted by molar-refractivity contribution is 0.626. The maximum Gasteiger partial charge on any atom is 0.123 e. The molecule has 1 aromatic carbocycles. The summed E-state index contributed by atoms with van der Waals surface area (Å²) in [4.78, 5) is 5.47. The Bertz CT molecular complexity index is 552. The van der Waals surface area contributed by atoms with E-state index in [2.05, 4.69) is 4.98 Å². The number of pyridine rings is 1. The molecular weight excluding hydrogens is 247 g/mol. The number of hydrogen-bond acceptors (Lipinski definition) is 3. The topological polar surface area (TPSA) is 38.9 Å². The summed E-state index contributed by atoms with van der Waals surface area (Å²) >= 11 is 1.52. The minimum atomic E-state index is -0.230. The summed E-state index contributed by atoms with van der Waals surface area (Å²) in [5.41, 5.74) is 8.93. The van der Waals surface area contributed by atoms with Crippen LogP contribution in [-0.2, 0) is 6.54 Å². The van der Waals surface area contributed by atoms with Crippen LogP contribution in [0.5, 0.6) is 0 Å². The zero-order chi connectivity index (χ0) is 13.1. The number of nitrogens with two attached hydrogens (primary N) is 1. The molecule has 0 saturated heterocycles. The summed E-state index contributed by atoms with van der Waals surface area (Å²) in [6, 6.07) is 8.43. The molecule has 18 heavy (non-hydrogen) atoms. The zero-order valence-corrected chi connectivity index (χ0v) is 11.2. The highest BCUT2D eigenvalue weighted by atomic mass is 32.2. The average Bonchev–Trinajstić information content (AvgIpc) is 2.32.